The Bertz CT molecular complexity index is 644. The molecule has 0 amide bonds. The molecule has 0 atom stereocenters. The lowest BCUT2D eigenvalue weighted by Gasteiger charge is -2.07. The first-order chi connectivity index (χ1) is 9.22. The van der Waals surface area contributed by atoms with Crippen molar-refractivity contribution in [3.63, 3.8) is 0 Å². The fourth-order valence-electron chi connectivity index (χ4n) is 1.71. The highest BCUT2D eigenvalue weighted by Crippen LogP contribution is 2.28. The van der Waals surface area contributed by atoms with Crippen molar-refractivity contribution >= 4 is 12.2 Å². The number of pyridine rings is 1. The van der Waals surface area contributed by atoms with Crippen molar-refractivity contribution in [2.24, 2.45) is 0 Å². The van der Waals surface area contributed by atoms with Gasteiger partial charge < -0.3 is 14.5 Å². The minimum atomic E-state index is -0.116. The number of benzene rings is 1. The zero-order chi connectivity index (χ0) is 13.7. The molecule has 0 bridgehead atoms. The SMILES string of the molecule is COc1ccc(/C=C/c2cc[nH]c(=O)c2)cc1OC. The highest BCUT2D eigenvalue weighted by molar-refractivity contribution is 5.70. The highest BCUT2D eigenvalue weighted by Gasteiger charge is 2.02. The van der Waals surface area contributed by atoms with E-state index in [-0.39, 0.29) is 5.56 Å². The van der Waals surface area contributed by atoms with E-state index in [1.54, 1.807) is 20.4 Å². The molecule has 4 nitrogen and oxygen atoms in total. The molecule has 2 aromatic rings. The van der Waals surface area contributed by atoms with Crippen LogP contribution in [0.2, 0.25) is 0 Å². The van der Waals surface area contributed by atoms with E-state index in [0.29, 0.717) is 11.5 Å². The van der Waals surface area contributed by atoms with Crippen LogP contribution in [0.15, 0.2) is 41.3 Å². The Balaban J connectivity index is 2.26. The number of methoxy groups -OCH3 is 2. The number of aromatic amines is 1. The first-order valence-corrected chi connectivity index (χ1v) is 5.82. The Hall–Kier alpha value is -2.49. The number of ether oxygens (including phenoxy) is 2. The van der Waals surface area contributed by atoms with Crippen molar-refractivity contribution in [2.45, 2.75) is 0 Å². The van der Waals surface area contributed by atoms with Crippen LogP contribution in [0, 0.1) is 0 Å². The van der Waals surface area contributed by atoms with Crippen LogP contribution in [0.3, 0.4) is 0 Å². The summed E-state index contributed by atoms with van der Waals surface area (Å²) >= 11 is 0. The fraction of sp³-hybridized carbons (Fsp3) is 0.133. The zero-order valence-corrected chi connectivity index (χ0v) is 10.8. The van der Waals surface area contributed by atoms with Crippen LogP contribution in [0.25, 0.3) is 12.2 Å². The number of rotatable bonds is 4. The maximum Gasteiger partial charge on any atom is 0.248 e. The van der Waals surface area contributed by atoms with Gasteiger partial charge in [0.05, 0.1) is 14.2 Å². The van der Waals surface area contributed by atoms with Crippen LogP contribution in [0.4, 0.5) is 0 Å². The lowest BCUT2D eigenvalue weighted by atomic mass is 10.1. The van der Waals surface area contributed by atoms with Gasteiger partial charge in [-0.15, -0.1) is 0 Å². The second-order valence-corrected chi connectivity index (χ2v) is 3.93. The van der Waals surface area contributed by atoms with Gasteiger partial charge in [0.15, 0.2) is 11.5 Å². The standard InChI is InChI=1S/C15H15NO3/c1-18-13-6-5-11(9-14(13)19-2)3-4-12-7-8-16-15(17)10-12/h3-10H,1-2H3,(H,16,17)/b4-3+. The van der Waals surface area contributed by atoms with E-state index in [1.165, 1.54) is 6.07 Å². The summed E-state index contributed by atoms with van der Waals surface area (Å²) in [6.45, 7) is 0. The molecule has 98 valence electrons. The van der Waals surface area contributed by atoms with Crippen LogP contribution in [0.5, 0.6) is 11.5 Å². The Morgan fingerprint density at radius 1 is 0.947 bits per heavy atom. The summed E-state index contributed by atoms with van der Waals surface area (Å²) in [5.74, 6) is 1.37. The third-order valence-electron chi connectivity index (χ3n) is 2.67. The molecule has 0 spiro atoms. The summed E-state index contributed by atoms with van der Waals surface area (Å²) in [5, 5.41) is 0. The topological polar surface area (TPSA) is 51.3 Å². The molecule has 0 aliphatic rings. The van der Waals surface area contributed by atoms with Crippen LogP contribution in [-0.2, 0) is 0 Å². The van der Waals surface area contributed by atoms with Gasteiger partial charge in [0.1, 0.15) is 0 Å². The number of hydrogen-bond donors (Lipinski definition) is 1. The highest BCUT2D eigenvalue weighted by atomic mass is 16.5. The van der Waals surface area contributed by atoms with Crippen LogP contribution < -0.4 is 15.0 Å². The maximum atomic E-state index is 11.2. The zero-order valence-electron chi connectivity index (χ0n) is 10.8. The molecular weight excluding hydrogens is 242 g/mol. The third kappa shape index (κ3) is 3.25. The molecule has 0 aliphatic carbocycles. The van der Waals surface area contributed by atoms with Crippen molar-refractivity contribution in [3.8, 4) is 11.5 Å². The summed E-state index contributed by atoms with van der Waals surface area (Å²) in [4.78, 5) is 13.7. The van der Waals surface area contributed by atoms with Crippen molar-refractivity contribution < 1.29 is 9.47 Å². The van der Waals surface area contributed by atoms with E-state index in [0.717, 1.165) is 11.1 Å². The number of hydrogen-bond acceptors (Lipinski definition) is 3. The van der Waals surface area contributed by atoms with E-state index in [1.807, 2.05) is 36.4 Å². The second kappa shape index (κ2) is 5.91. The molecule has 1 heterocycles. The first-order valence-electron chi connectivity index (χ1n) is 5.82. The minimum absolute atomic E-state index is 0.116. The number of aromatic nitrogens is 1. The Morgan fingerprint density at radius 2 is 1.63 bits per heavy atom. The molecule has 2 rings (SSSR count). The molecule has 1 N–H and O–H groups in total. The van der Waals surface area contributed by atoms with Gasteiger partial charge in [0, 0.05) is 12.3 Å². The van der Waals surface area contributed by atoms with Crippen molar-refractivity contribution in [3.05, 3.63) is 58.0 Å². The van der Waals surface area contributed by atoms with Crippen LogP contribution in [-0.4, -0.2) is 19.2 Å². The smallest absolute Gasteiger partial charge is 0.248 e. The van der Waals surface area contributed by atoms with Crippen LogP contribution in [0.1, 0.15) is 11.1 Å². The first kappa shape index (κ1) is 13.0. The lowest BCUT2D eigenvalue weighted by molar-refractivity contribution is 0.355. The predicted octanol–water partition coefficient (Wildman–Crippen LogP) is 2.56. The lowest BCUT2D eigenvalue weighted by Crippen LogP contribution is -2.01. The van der Waals surface area contributed by atoms with Crippen LogP contribution >= 0.6 is 0 Å². The van der Waals surface area contributed by atoms with Gasteiger partial charge in [-0.25, -0.2) is 0 Å². The molecule has 0 unspecified atom stereocenters. The quantitative estimate of drug-likeness (QED) is 0.915. The van der Waals surface area contributed by atoms with Gasteiger partial charge in [0.25, 0.3) is 0 Å². The van der Waals surface area contributed by atoms with E-state index < -0.39 is 0 Å². The minimum Gasteiger partial charge on any atom is -0.493 e. The monoisotopic (exact) mass is 257 g/mol. The molecular formula is C15H15NO3. The average Bonchev–Trinajstić information content (AvgIpc) is 2.45. The van der Waals surface area contributed by atoms with E-state index in [4.69, 9.17) is 9.47 Å². The van der Waals surface area contributed by atoms with Gasteiger partial charge in [-0.3, -0.25) is 4.79 Å². The maximum absolute atomic E-state index is 11.2. The molecule has 0 saturated heterocycles. The van der Waals surface area contributed by atoms with E-state index in [2.05, 4.69) is 4.98 Å². The summed E-state index contributed by atoms with van der Waals surface area (Å²) in [6.07, 6.45) is 5.41. The van der Waals surface area contributed by atoms with Gasteiger partial charge in [0.2, 0.25) is 5.56 Å². The summed E-state index contributed by atoms with van der Waals surface area (Å²) in [6, 6.07) is 9.01. The summed E-state index contributed by atoms with van der Waals surface area (Å²) < 4.78 is 10.4. The Labute approximate surface area is 111 Å². The van der Waals surface area contributed by atoms with Gasteiger partial charge in [-0.1, -0.05) is 18.2 Å². The number of H-pyrrole nitrogens is 1. The Morgan fingerprint density at radius 3 is 2.26 bits per heavy atom. The number of nitrogens with one attached hydrogen (secondary N) is 1. The predicted molar refractivity (Wildman–Crippen MR) is 75.5 cm³/mol. The molecule has 0 aliphatic heterocycles. The van der Waals surface area contributed by atoms with E-state index in [9.17, 15) is 4.79 Å². The normalized spacial score (nSPS) is 10.6. The third-order valence-corrected chi connectivity index (χ3v) is 2.67. The van der Waals surface area contributed by atoms with Crippen molar-refractivity contribution in [2.75, 3.05) is 14.2 Å². The van der Waals surface area contributed by atoms with Crippen molar-refractivity contribution in [1.82, 2.24) is 4.98 Å². The Kier molecular flexibility index (Phi) is 4.03. The molecule has 1 aromatic carbocycles. The molecule has 0 radical (unpaired) electrons. The summed E-state index contributed by atoms with van der Waals surface area (Å²) in [7, 11) is 3.20. The van der Waals surface area contributed by atoms with Gasteiger partial charge in [-0.2, -0.15) is 0 Å². The van der Waals surface area contributed by atoms with Crippen molar-refractivity contribution in [1.29, 1.82) is 0 Å². The molecule has 4 heteroatoms. The molecule has 19 heavy (non-hydrogen) atoms. The van der Waals surface area contributed by atoms with Gasteiger partial charge in [-0.05, 0) is 29.3 Å². The van der Waals surface area contributed by atoms with Gasteiger partial charge >= 0.3 is 0 Å². The fourth-order valence-corrected chi connectivity index (χ4v) is 1.71. The molecule has 0 fully saturated rings. The average molecular weight is 257 g/mol. The largest absolute Gasteiger partial charge is 0.493 e. The molecule has 1 aromatic heterocycles. The summed E-state index contributed by atoms with van der Waals surface area (Å²) in [5.41, 5.74) is 1.70. The molecule has 0 saturated carbocycles. The second-order valence-electron chi connectivity index (χ2n) is 3.93. The van der Waals surface area contributed by atoms with E-state index >= 15 is 0 Å².